The number of nitrogens with one attached hydrogen (secondary N) is 3. The molecule has 2 amide bonds. The topological polar surface area (TPSA) is 134 Å². The van der Waals surface area contributed by atoms with Crippen LogP contribution in [0.1, 0.15) is 5.82 Å². The lowest BCUT2D eigenvalue weighted by molar-refractivity contribution is 0.256. The predicted octanol–water partition coefficient (Wildman–Crippen LogP) is 0.637. The maximum Gasteiger partial charge on any atom is 0.349 e. The minimum Gasteiger partial charge on any atom is -0.294 e. The second-order valence-corrected chi connectivity index (χ2v) is 6.11. The van der Waals surface area contributed by atoms with Crippen molar-refractivity contribution in [2.45, 2.75) is 11.8 Å². The van der Waals surface area contributed by atoms with Gasteiger partial charge in [-0.15, -0.1) is 0 Å². The van der Waals surface area contributed by atoms with Crippen molar-refractivity contribution in [3.63, 3.8) is 0 Å². The molecule has 0 unspecified atom stereocenters. The van der Waals surface area contributed by atoms with Gasteiger partial charge in [-0.3, -0.25) is 10.3 Å². The van der Waals surface area contributed by atoms with Gasteiger partial charge >= 0.3 is 11.7 Å². The average molecular weight is 344 g/mol. The number of rotatable bonds is 3. The minimum absolute atomic E-state index is 0.0361. The number of hydrogen-bond acceptors (Lipinski definition) is 6. The lowest BCUT2D eigenvalue weighted by Gasteiger charge is -2.08. The molecule has 0 spiro atoms. The zero-order valence-electron chi connectivity index (χ0n) is 11.1. The molecule has 0 aliphatic heterocycles. The molecule has 2 aromatic rings. The van der Waals surface area contributed by atoms with Gasteiger partial charge in [-0.05, 0) is 19.1 Å². The molecular formula is C11H10ClN5O4S. The average Bonchev–Trinajstić information content (AvgIpc) is 2.36. The Morgan fingerprint density at radius 3 is 2.59 bits per heavy atom. The molecule has 11 heteroatoms. The number of urea groups is 1. The number of benzene rings is 1. The molecular weight excluding hydrogens is 334 g/mol. The first kappa shape index (κ1) is 15.9. The van der Waals surface area contributed by atoms with Gasteiger partial charge in [0, 0.05) is 0 Å². The van der Waals surface area contributed by atoms with Crippen LogP contribution in [0.25, 0.3) is 0 Å². The molecule has 0 saturated carbocycles. The monoisotopic (exact) mass is 343 g/mol. The fraction of sp³-hybridized carbons (Fsp3) is 0.0909. The molecule has 0 radical (unpaired) electrons. The molecule has 2 rings (SSSR count). The molecule has 116 valence electrons. The van der Waals surface area contributed by atoms with Crippen molar-refractivity contribution in [2.75, 3.05) is 5.32 Å². The third-order valence-electron chi connectivity index (χ3n) is 2.35. The largest absolute Gasteiger partial charge is 0.349 e. The van der Waals surface area contributed by atoms with E-state index in [1.807, 2.05) is 0 Å². The summed E-state index contributed by atoms with van der Waals surface area (Å²) in [5.41, 5.74) is -0.725. The number of carbonyl (C=O) groups is 1. The number of sulfonamides is 1. The smallest absolute Gasteiger partial charge is 0.294 e. The highest BCUT2D eigenvalue weighted by atomic mass is 35.5. The molecule has 0 saturated heterocycles. The number of anilines is 1. The highest BCUT2D eigenvalue weighted by Gasteiger charge is 2.20. The first-order valence-corrected chi connectivity index (χ1v) is 7.67. The van der Waals surface area contributed by atoms with E-state index in [4.69, 9.17) is 11.6 Å². The second kappa shape index (κ2) is 6.12. The van der Waals surface area contributed by atoms with E-state index in [0.717, 1.165) is 0 Å². The van der Waals surface area contributed by atoms with Crippen LogP contribution in [0.4, 0.5) is 10.7 Å². The first-order chi connectivity index (χ1) is 10.3. The Balaban J connectivity index is 2.18. The molecule has 1 heterocycles. The van der Waals surface area contributed by atoms with Gasteiger partial charge in [-0.25, -0.2) is 22.7 Å². The van der Waals surface area contributed by atoms with Gasteiger partial charge in [0.05, 0.1) is 5.02 Å². The number of aryl methyl sites for hydroxylation is 1. The summed E-state index contributed by atoms with van der Waals surface area (Å²) in [5.74, 6) is -0.114. The van der Waals surface area contributed by atoms with Gasteiger partial charge in [0.2, 0.25) is 5.95 Å². The van der Waals surface area contributed by atoms with E-state index in [-0.39, 0.29) is 21.7 Å². The zero-order chi connectivity index (χ0) is 16.3. The molecule has 1 aromatic heterocycles. The van der Waals surface area contributed by atoms with Gasteiger partial charge < -0.3 is 0 Å². The van der Waals surface area contributed by atoms with Gasteiger partial charge in [-0.1, -0.05) is 23.7 Å². The van der Waals surface area contributed by atoms with Crippen LogP contribution in [-0.4, -0.2) is 29.4 Å². The van der Waals surface area contributed by atoms with E-state index in [2.05, 4.69) is 20.3 Å². The van der Waals surface area contributed by atoms with E-state index in [1.165, 1.54) is 25.1 Å². The number of nitrogens with zero attached hydrogens (tertiary/aromatic N) is 2. The van der Waals surface area contributed by atoms with Crippen molar-refractivity contribution in [3.05, 3.63) is 45.6 Å². The van der Waals surface area contributed by atoms with Crippen molar-refractivity contribution in [1.29, 1.82) is 0 Å². The van der Waals surface area contributed by atoms with Gasteiger partial charge in [-0.2, -0.15) is 9.97 Å². The lowest BCUT2D eigenvalue weighted by Crippen LogP contribution is -2.35. The van der Waals surface area contributed by atoms with Crippen LogP contribution in [0.3, 0.4) is 0 Å². The lowest BCUT2D eigenvalue weighted by atomic mass is 10.4. The molecule has 0 bridgehead atoms. The fourth-order valence-electron chi connectivity index (χ4n) is 1.51. The number of hydrogen-bond donors (Lipinski definition) is 3. The van der Waals surface area contributed by atoms with Gasteiger partial charge in [0.15, 0.2) is 0 Å². The molecule has 0 fully saturated rings. The third kappa shape index (κ3) is 3.80. The molecule has 0 aliphatic carbocycles. The third-order valence-corrected chi connectivity index (χ3v) is 4.18. The van der Waals surface area contributed by atoms with Crippen LogP contribution in [0.15, 0.2) is 34.0 Å². The normalized spacial score (nSPS) is 11.0. The fourth-order valence-corrected chi connectivity index (χ4v) is 2.94. The van der Waals surface area contributed by atoms with Crippen LogP contribution >= 0.6 is 11.6 Å². The van der Waals surface area contributed by atoms with Crippen LogP contribution in [0, 0.1) is 6.92 Å². The Kier molecular flexibility index (Phi) is 4.43. The number of H-pyrrole nitrogens is 1. The van der Waals surface area contributed by atoms with Crippen LogP contribution in [0.5, 0.6) is 0 Å². The van der Waals surface area contributed by atoms with Gasteiger partial charge in [0.1, 0.15) is 10.7 Å². The Hall–Kier alpha value is -2.46. The molecule has 1 aromatic carbocycles. The Morgan fingerprint density at radius 1 is 1.27 bits per heavy atom. The highest BCUT2D eigenvalue weighted by Crippen LogP contribution is 2.20. The minimum atomic E-state index is -4.17. The number of aromatic amines is 1. The van der Waals surface area contributed by atoms with Gasteiger partial charge in [0.25, 0.3) is 10.0 Å². The summed E-state index contributed by atoms with van der Waals surface area (Å²) >= 11 is 5.77. The van der Waals surface area contributed by atoms with Crippen LogP contribution in [-0.2, 0) is 10.0 Å². The number of carbonyl (C=O) groups excluding carboxylic acids is 1. The summed E-state index contributed by atoms with van der Waals surface area (Å²) in [7, 11) is -4.17. The quantitative estimate of drug-likeness (QED) is 0.748. The number of halogens is 1. The summed E-state index contributed by atoms with van der Waals surface area (Å²) in [5, 5.41) is 2.02. The Bertz CT molecular complexity index is 880. The summed E-state index contributed by atoms with van der Waals surface area (Å²) in [6.07, 6.45) is 0. The summed E-state index contributed by atoms with van der Waals surface area (Å²) < 4.78 is 25.8. The molecule has 0 aliphatic rings. The maximum atomic E-state index is 12.0. The Labute approximate surface area is 129 Å². The van der Waals surface area contributed by atoms with E-state index in [0.29, 0.717) is 0 Å². The standard InChI is InChI=1S/C11H10ClN5O4S/c1-6-13-9(15-10(18)14-6)16-11(19)17-22(20,21)8-5-3-2-4-7(8)12/h2-5H,1H3,(H3,13,14,15,16,17,18,19). The SMILES string of the molecule is Cc1nc(NC(=O)NS(=O)(=O)c2ccccc2Cl)nc(=O)[nH]1. The van der Waals surface area contributed by atoms with Crippen LogP contribution in [0.2, 0.25) is 5.02 Å². The van der Waals surface area contributed by atoms with Crippen molar-refractivity contribution >= 4 is 33.6 Å². The van der Waals surface area contributed by atoms with Crippen molar-refractivity contribution in [2.24, 2.45) is 0 Å². The molecule has 0 atom stereocenters. The molecule has 3 N–H and O–H groups in total. The second-order valence-electron chi connectivity index (χ2n) is 4.05. The van der Waals surface area contributed by atoms with Crippen LogP contribution < -0.4 is 15.7 Å². The summed E-state index contributed by atoms with van der Waals surface area (Å²) in [6, 6.07) is 4.50. The maximum absolute atomic E-state index is 12.0. The van der Waals surface area contributed by atoms with E-state index in [1.54, 1.807) is 10.8 Å². The van der Waals surface area contributed by atoms with E-state index >= 15 is 0 Å². The van der Waals surface area contributed by atoms with Crippen molar-refractivity contribution in [3.8, 4) is 0 Å². The summed E-state index contributed by atoms with van der Waals surface area (Å²) in [6.45, 7) is 1.48. The van der Waals surface area contributed by atoms with E-state index in [9.17, 15) is 18.0 Å². The number of amides is 2. The first-order valence-electron chi connectivity index (χ1n) is 5.81. The van der Waals surface area contributed by atoms with Crippen molar-refractivity contribution in [1.82, 2.24) is 19.7 Å². The van der Waals surface area contributed by atoms with Crippen molar-refractivity contribution < 1.29 is 13.2 Å². The molecule has 9 nitrogen and oxygen atoms in total. The number of aromatic nitrogens is 3. The highest BCUT2D eigenvalue weighted by molar-refractivity contribution is 7.90. The Morgan fingerprint density at radius 2 is 1.95 bits per heavy atom. The molecule has 22 heavy (non-hydrogen) atoms. The van der Waals surface area contributed by atoms with E-state index < -0.39 is 21.7 Å². The predicted molar refractivity (Wildman–Crippen MR) is 78.2 cm³/mol. The zero-order valence-corrected chi connectivity index (χ0v) is 12.7. The summed E-state index contributed by atoms with van der Waals surface area (Å²) in [4.78, 5) is 32.0.